The van der Waals surface area contributed by atoms with Crippen molar-refractivity contribution in [1.29, 1.82) is 0 Å². The number of alkyl halides is 2. The maximum Gasteiger partial charge on any atom is 0.237 e. The Bertz CT molecular complexity index is 564. The second-order valence-electron chi connectivity index (χ2n) is 8.57. The van der Waals surface area contributed by atoms with Gasteiger partial charge in [0, 0.05) is 6.61 Å². The van der Waals surface area contributed by atoms with E-state index in [0.717, 1.165) is 25.7 Å². The van der Waals surface area contributed by atoms with Crippen LogP contribution in [0.1, 0.15) is 39.0 Å². The number of nitrogens with one attached hydrogen (secondary N) is 2. The van der Waals surface area contributed by atoms with Crippen molar-refractivity contribution in [3.05, 3.63) is 0 Å². The molecule has 0 radical (unpaired) electrons. The fourth-order valence-electron chi connectivity index (χ4n) is 4.34. The third kappa shape index (κ3) is 7.94. The molecular weight excluding hydrogens is 463 g/mol. The van der Waals surface area contributed by atoms with Crippen molar-refractivity contribution in [2.24, 2.45) is 5.92 Å². The molecule has 0 saturated carbocycles. The molecule has 2 fully saturated rings. The van der Waals surface area contributed by atoms with Crippen molar-refractivity contribution in [1.82, 2.24) is 10.6 Å². The second kappa shape index (κ2) is 14.3. The Morgan fingerprint density at radius 3 is 2.66 bits per heavy atom. The molecule has 0 aromatic carbocycles. The molecule has 0 aromatic rings. The highest BCUT2D eigenvalue weighted by Gasteiger charge is 2.48. The van der Waals surface area contributed by atoms with Gasteiger partial charge < -0.3 is 35.4 Å². The van der Waals surface area contributed by atoms with E-state index in [4.69, 9.17) is 21.1 Å². The lowest BCUT2D eigenvalue weighted by Crippen LogP contribution is -2.65. The highest BCUT2D eigenvalue weighted by atomic mass is 35.5. The van der Waals surface area contributed by atoms with Crippen LogP contribution in [-0.2, 0) is 14.3 Å². The number of thioether (sulfide) groups is 1. The minimum atomic E-state index is -1.40. The van der Waals surface area contributed by atoms with Gasteiger partial charge in [-0.1, -0.05) is 0 Å². The van der Waals surface area contributed by atoms with Gasteiger partial charge in [0.2, 0.25) is 5.91 Å². The van der Waals surface area contributed by atoms with Crippen LogP contribution in [0.25, 0.3) is 0 Å². The van der Waals surface area contributed by atoms with Crippen molar-refractivity contribution in [3.8, 4) is 0 Å². The van der Waals surface area contributed by atoms with Gasteiger partial charge in [-0.05, 0) is 57.7 Å². The topological polar surface area (TPSA) is 120 Å². The van der Waals surface area contributed by atoms with Crippen molar-refractivity contribution in [2.75, 3.05) is 32.7 Å². The van der Waals surface area contributed by atoms with E-state index >= 15 is 0 Å². The maximum absolute atomic E-state index is 13.0. The van der Waals surface area contributed by atoms with Gasteiger partial charge in [-0.15, -0.1) is 23.4 Å². The summed E-state index contributed by atoms with van der Waals surface area (Å²) in [5, 5.41) is 36.4. The molecule has 188 valence electrons. The molecular formula is C21H38ClFN2O6S. The number of carbonyl (C=O) groups excluding carboxylic acids is 1. The monoisotopic (exact) mass is 500 g/mol. The molecule has 2 saturated heterocycles. The quantitative estimate of drug-likeness (QED) is 0.209. The second-order valence-corrected chi connectivity index (χ2v) is 10.2. The standard InChI is InChI=1S/C21H38ClFN2O6S/c1-12(22)15(19-17(27)16(26)18(28)21(31-19)32-2)25-20(29)14-6-5-13(7-9-24-14)4-3-10-30-11-8-23/h12-19,21,24,26-28H,3-11H2,1-2H3,(H,25,29). The first-order valence-electron chi connectivity index (χ1n) is 11.3. The summed E-state index contributed by atoms with van der Waals surface area (Å²) in [6.45, 7) is 2.62. The fourth-order valence-corrected chi connectivity index (χ4v) is 5.23. The van der Waals surface area contributed by atoms with Gasteiger partial charge in [0.15, 0.2) is 0 Å². The van der Waals surface area contributed by atoms with Crippen molar-refractivity contribution in [2.45, 2.75) is 86.3 Å². The van der Waals surface area contributed by atoms with E-state index in [1.54, 1.807) is 13.2 Å². The Hall–Kier alpha value is -0.200. The number of ether oxygens (including phenoxy) is 2. The summed E-state index contributed by atoms with van der Waals surface area (Å²) >= 11 is 7.55. The van der Waals surface area contributed by atoms with Crippen LogP contribution >= 0.6 is 23.4 Å². The average molecular weight is 501 g/mol. The number of halogens is 2. The lowest BCUT2D eigenvalue weighted by Gasteiger charge is -2.44. The van der Waals surface area contributed by atoms with Crippen molar-refractivity contribution >= 4 is 29.3 Å². The van der Waals surface area contributed by atoms with Crippen LogP contribution in [0.4, 0.5) is 4.39 Å². The zero-order chi connectivity index (χ0) is 23.7. The molecule has 32 heavy (non-hydrogen) atoms. The SMILES string of the molecule is CSC1OC(C(NC(=O)C2CCC(CCCOCCF)CCN2)C(C)Cl)C(O)C(O)C1O. The largest absolute Gasteiger partial charge is 0.388 e. The molecule has 1 amide bonds. The molecule has 2 aliphatic rings. The number of hydrogen-bond acceptors (Lipinski definition) is 8. The molecule has 5 N–H and O–H groups in total. The highest BCUT2D eigenvalue weighted by molar-refractivity contribution is 7.99. The van der Waals surface area contributed by atoms with Crippen LogP contribution in [0, 0.1) is 5.92 Å². The first kappa shape index (κ1) is 28.0. The van der Waals surface area contributed by atoms with E-state index in [1.807, 2.05) is 0 Å². The fraction of sp³-hybridized carbons (Fsp3) is 0.952. The van der Waals surface area contributed by atoms with E-state index in [-0.39, 0.29) is 12.5 Å². The first-order chi connectivity index (χ1) is 15.3. The van der Waals surface area contributed by atoms with Crippen LogP contribution in [0.3, 0.4) is 0 Å². The zero-order valence-electron chi connectivity index (χ0n) is 18.8. The molecule has 0 aliphatic carbocycles. The van der Waals surface area contributed by atoms with Gasteiger partial charge in [-0.3, -0.25) is 4.79 Å². The molecule has 0 bridgehead atoms. The Balaban J connectivity index is 1.91. The highest BCUT2D eigenvalue weighted by Crippen LogP contribution is 2.30. The van der Waals surface area contributed by atoms with Gasteiger partial charge >= 0.3 is 0 Å². The number of amides is 1. The smallest absolute Gasteiger partial charge is 0.237 e. The Kier molecular flexibility index (Phi) is 12.5. The van der Waals surface area contributed by atoms with Crippen LogP contribution in [0.2, 0.25) is 0 Å². The summed E-state index contributed by atoms with van der Waals surface area (Å²) in [5.41, 5.74) is -0.737. The normalized spacial score (nSPS) is 35.7. The predicted octanol–water partition coefficient (Wildman–Crippen LogP) is 0.794. The molecule has 0 aromatic heterocycles. The third-order valence-electron chi connectivity index (χ3n) is 6.24. The summed E-state index contributed by atoms with van der Waals surface area (Å²) in [7, 11) is 0. The number of hydrogen-bond donors (Lipinski definition) is 5. The lowest BCUT2D eigenvalue weighted by atomic mass is 9.92. The summed E-state index contributed by atoms with van der Waals surface area (Å²) in [5.74, 6) is 0.242. The number of carbonyl (C=O) groups is 1. The molecule has 2 rings (SSSR count). The van der Waals surface area contributed by atoms with Gasteiger partial charge in [-0.2, -0.15) is 0 Å². The minimum absolute atomic E-state index is 0.141. The summed E-state index contributed by atoms with van der Waals surface area (Å²) in [4.78, 5) is 13.0. The molecule has 2 aliphatic heterocycles. The molecule has 8 nitrogen and oxygen atoms in total. The van der Waals surface area contributed by atoms with E-state index < -0.39 is 54.0 Å². The first-order valence-corrected chi connectivity index (χ1v) is 13.1. The Morgan fingerprint density at radius 2 is 2.00 bits per heavy atom. The summed E-state index contributed by atoms with van der Waals surface area (Å²) in [6, 6.07) is -1.14. The van der Waals surface area contributed by atoms with Crippen molar-refractivity contribution < 1.29 is 34.0 Å². The van der Waals surface area contributed by atoms with Gasteiger partial charge in [0.25, 0.3) is 0 Å². The van der Waals surface area contributed by atoms with E-state index in [0.29, 0.717) is 25.5 Å². The third-order valence-corrected chi connectivity index (χ3v) is 7.37. The molecule has 11 heteroatoms. The van der Waals surface area contributed by atoms with Gasteiger partial charge in [-0.25, -0.2) is 4.39 Å². The molecule has 2 heterocycles. The number of aliphatic hydroxyl groups is 3. The van der Waals surface area contributed by atoms with Gasteiger partial charge in [0.05, 0.1) is 24.1 Å². The maximum atomic E-state index is 13.0. The summed E-state index contributed by atoms with van der Waals surface area (Å²) < 4.78 is 23.1. The van der Waals surface area contributed by atoms with Crippen LogP contribution in [0.15, 0.2) is 0 Å². The van der Waals surface area contributed by atoms with Gasteiger partial charge in [0.1, 0.15) is 36.5 Å². The van der Waals surface area contributed by atoms with Crippen LogP contribution in [-0.4, -0.2) is 101 Å². The predicted molar refractivity (Wildman–Crippen MR) is 123 cm³/mol. The van der Waals surface area contributed by atoms with E-state index in [9.17, 15) is 24.5 Å². The lowest BCUT2D eigenvalue weighted by molar-refractivity contribution is -0.205. The van der Waals surface area contributed by atoms with E-state index in [1.165, 1.54) is 11.8 Å². The number of aliphatic hydroxyl groups excluding tert-OH is 3. The average Bonchev–Trinajstić information content (AvgIpc) is 3.02. The van der Waals surface area contributed by atoms with E-state index in [2.05, 4.69) is 10.6 Å². The zero-order valence-corrected chi connectivity index (χ0v) is 20.4. The summed E-state index contributed by atoms with van der Waals surface area (Å²) in [6.07, 6.45) is 1.10. The minimum Gasteiger partial charge on any atom is -0.388 e. The Morgan fingerprint density at radius 1 is 1.25 bits per heavy atom. The molecule has 9 unspecified atom stereocenters. The van der Waals surface area contributed by atoms with Crippen LogP contribution in [0.5, 0.6) is 0 Å². The number of rotatable bonds is 11. The molecule has 0 spiro atoms. The Labute approximate surface area is 198 Å². The molecule has 9 atom stereocenters. The van der Waals surface area contributed by atoms with Crippen molar-refractivity contribution in [3.63, 3.8) is 0 Å². The van der Waals surface area contributed by atoms with Crippen LogP contribution < -0.4 is 10.6 Å².